The van der Waals surface area contributed by atoms with Gasteiger partial charge >= 0.3 is 0 Å². The number of phenols is 1. The molecule has 0 radical (unpaired) electrons. The average Bonchev–Trinajstić information content (AvgIpc) is 0.903. The number of allylic oxidation sites excluding steroid dienone is 3. The van der Waals surface area contributed by atoms with E-state index in [9.17, 15) is 28.3 Å². The van der Waals surface area contributed by atoms with Crippen molar-refractivity contribution >= 4 is 26.9 Å². The van der Waals surface area contributed by atoms with E-state index in [1.165, 1.54) is 38.6 Å². The zero-order valence-electron chi connectivity index (χ0n) is 57.6. The number of aromatic hydroxyl groups is 1. The third-order valence-corrected chi connectivity index (χ3v) is 28.4. The van der Waals surface area contributed by atoms with E-state index in [0.29, 0.717) is 55.4 Å². The van der Waals surface area contributed by atoms with Gasteiger partial charge in [0.25, 0.3) is 10.1 Å². The minimum absolute atomic E-state index is 0.0636. The number of rotatable bonds is 9. The van der Waals surface area contributed by atoms with Crippen molar-refractivity contribution in [3.05, 3.63) is 247 Å². The lowest BCUT2D eigenvalue weighted by molar-refractivity contribution is -0.213. The molecule has 2 saturated carbocycles. The Bertz CT molecular complexity index is 4800. The molecule has 520 valence electrons. The van der Waals surface area contributed by atoms with Crippen LogP contribution < -0.4 is 21.5 Å². The van der Waals surface area contributed by atoms with Gasteiger partial charge in [-0.2, -0.15) is 8.42 Å². The van der Waals surface area contributed by atoms with Crippen LogP contribution >= 0.6 is 0 Å². The Balaban J connectivity index is 0.783. The maximum atomic E-state index is 15.0. The van der Waals surface area contributed by atoms with Gasteiger partial charge in [-0.3, -0.25) is 4.55 Å². The number of aliphatic imine (C=N–C) groups is 1. The first-order valence-corrected chi connectivity index (χ1v) is 38.9. The molecule has 7 aromatic carbocycles. The van der Waals surface area contributed by atoms with E-state index in [-0.39, 0.29) is 90.0 Å². The number of nitrogens with two attached hydrogens (primary N) is 2. The third-order valence-electron chi connectivity index (χ3n) is 27.1. The first-order valence-electron chi connectivity index (χ1n) is 37.4. The second kappa shape index (κ2) is 24.7. The first-order chi connectivity index (χ1) is 48.9. The molecule has 3 fully saturated rings. The van der Waals surface area contributed by atoms with Crippen molar-refractivity contribution < 1.29 is 42.9 Å². The van der Waals surface area contributed by atoms with Gasteiger partial charge < -0.3 is 46.7 Å². The molecule has 7 aromatic rings. The molecule has 14 heteroatoms. The Labute approximate surface area is 593 Å². The maximum absolute atomic E-state index is 15.0. The summed E-state index contributed by atoms with van der Waals surface area (Å²) >= 11 is 0. The summed E-state index contributed by atoms with van der Waals surface area (Å²) in [4.78, 5) is 5.50. The molecule has 20 rings (SSSR count). The molecule has 13 aliphatic rings. The van der Waals surface area contributed by atoms with E-state index in [1.54, 1.807) is 12.1 Å². The quantitative estimate of drug-likeness (QED) is 0.0222. The predicted molar refractivity (Wildman–Crippen MR) is 393 cm³/mol. The van der Waals surface area contributed by atoms with Gasteiger partial charge in [0.2, 0.25) is 5.72 Å². The molecule has 101 heavy (non-hydrogen) atoms. The van der Waals surface area contributed by atoms with Crippen molar-refractivity contribution in [2.75, 3.05) is 13.7 Å². The van der Waals surface area contributed by atoms with Crippen LogP contribution in [-0.4, -0.2) is 70.0 Å². The highest BCUT2D eigenvalue weighted by Gasteiger charge is 2.67. The van der Waals surface area contributed by atoms with Gasteiger partial charge in [0.1, 0.15) is 23.2 Å². The highest BCUT2D eigenvalue weighted by atomic mass is 32.2. The van der Waals surface area contributed by atoms with Crippen LogP contribution in [0.25, 0.3) is 10.8 Å². The molecule has 5 heterocycles. The van der Waals surface area contributed by atoms with E-state index in [1.807, 2.05) is 25.2 Å². The summed E-state index contributed by atoms with van der Waals surface area (Å²) in [5, 5.41) is 55.1. The minimum Gasteiger partial charge on any atom is -0.508 e. The van der Waals surface area contributed by atoms with Crippen LogP contribution in [0.2, 0.25) is 0 Å². The molecule has 16 bridgehead atoms. The number of hydrogen-bond donors (Lipinski definition) is 8. The lowest BCUT2D eigenvalue weighted by Crippen LogP contribution is -2.67. The summed E-state index contributed by atoms with van der Waals surface area (Å²) in [7, 11) is -2.73. The Morgan fingerprint density at radius 3 is 2.43 bits per heavy atom. The number of ether oxygens (including phenoxy) is 2. The number of guanidine groups is 1. The Kier molecular flexibility index (Phi) is 15.9. The smallest absolute Gasteiger partial charge is 0.268 e. The van der Waals surface area contributed by atoms with Crippen LogP contribution in [0.3, 0.4) is 0 Å². The third kappa shape index (κ3) is 10.6. The van der Waals surface area contributed by atoms with Crippen LogP contribution in [0.1, 0.15) is 185 Å². The molecule has 13 nitrogen and oxygen atoms in total. The number of fused-ring (bicyclic) bond motifs is 12. The molecular formula is C87H92N4O9S. The lowest BCUT2D eigenvalue weighted by Gasteiger charge is -2.63. The van der Waals surface area contributed by atoms with Crippen molar-refractivity contribution in [1.82, 2.24) is 5.32 Å². The molecule has 0 aromatic heterocycles. The first kappa shape index (κ1) is 65.2. The van der Waals surface area contributed by atoms with Crippen molar-refractivity contribution in [3.63, 3.8) is 0 Å². The number of aliphatic hydroxyl groups excluding tert-OH is 1. The minimum atomic E-state index is -4.75. The molecule has 0 unspecified atom stereocenters. The number of hydrogen-bond acceptors (Lipinski definition) is 10. The fraction of sp³-hybridized carbons (Fsp3) is 0.437. The molecule has 0 spiro atoms. The molecule has 0 amide bonds. The van der Waals surface area contributed by atoms with Gasteiger partial charge in [-0.25, -0.2) is 4.99 Å². The number of aryl methyl sites for hydroxylation is 2. The van der Waals surface area contributed by atoms with Gasteiger partial charge in [-0.05, 0) is 246 Å². The second-order valence-corrected chi connectivity index (χ2v) is 33.9. The lowest BCUT2D eigenvalue weighted by atomic mass is 9.44. The SMILES string of the molecule is CNCc1cc2cccc3c2c2c1CCc1cc([C@@H]4CC[C@@H]5[C@@H]6C=C[C@H]4[C@@]5(O)[C@H](Cc4ccccc4)[C@@H]([C@]4(N=C(N)N)Oc5ccc7c(c5)CC[C@@H](C)[C@@H]7C[C@@H](S(=O)(=O)O)[C@H]5C=C7C[C@H](C[C@H]8C[C@@H](CO)CC#Cc9cc(O)ccc9[C@@H]7O8)[C@@H]5c5ccc4cc5)C6)ccc1[C@@]1(O)C=C[C@@H]3C[C@@H]21. The molecule has 10 N–H and O–H groups in total. The number of aliphatic hydroxyl groups is 3. The summed E-state index contributed by atoms with van der Waals surface area (Å²) in [6.07, 6.45) is 19.2. The fourth-order valence-electron chi connectivity index (χ4n) is 22.8. The Morgan fingerprint density at radius 1 is 0.782 bits per heavy atom. The second-order valence-electron chi connectivity index (χ2n) is 32.3. The topological polar surface area (TPSA) is 230 Å². The van der Waals surface area contributed by atoms with Crippen LogP contribution in [0.4, 0.5) is 0 Å². The van der Waals surface area contributed by atoms with E-state index in [4.69, 9.17) is 25.9 Å². The zero-order valence-corrected chi connectivity index (χ0v) is 58.4. The van der Waals surface area contributed by atoms with Crippen molar-refractivity contribution in [3.8, 4) is 23.3 Å². The summed E-state index contributed by atoms with van der Waals surface area (Å²) < 4.78 is 56.7. The molecule has 5 aliphatic heterocycles. The Morgan fingerprint density at radius 2 is 1.61 bits per heavy atom. The summed E-state index contributed by atoms with van der Waals surface area (Å²) in [5.41, 5.74) is 25.3. The van der Waals surface area contributed by atoms with Gasteiger partial charge in [0.05, 0.1) is 17.0 Å². The van der Waals surface area contributed by atoms with E-state index in [2.05, 4.69) is 158 Å². The van der Waals surface area contributed by atoms with E-state index in [0.717, 1.165) is 96.0 Å². The number of benzene rings is 7. The van der Waals surface area contributed by atoms with Gasteiger partial charge in [-0.1, -0.05) is 152 Å². The van der Waals surface area contributed by atoms with Crippen LogP contribution in [0.15, 0.2) is 174 Å². The van der Waals surface area contributed by atoms with Crippen molar-refractivity contribution in [1.29, 1.82) is 0 Å². The molecule has 20 atom stereocenters. The zero-order chi connectivity index (χ0) is 69.0. The summed E-state index contributed by atoms with van der Waals surface area (Å²) in [6, 6.07) is 46.3. The van der Waals surface area contributed by atoms with Crippen LogP contribution in [-0.2, 0) is 58.4 Å². The highest BCUT2D eigenvalue weighted by molar-refractivity contribution is 7.86. The normalized spacial score (nSPS) is 35.1. The van der Waals surface area contributed by atoms with Gasteiger partial charge in [0.15, 0.2) is 5.96 Å². The van der Waals surface area contributed by atoms with Crippen LogP contribution in [0, 0.1) is 65.1 Å². The molecular weight excluding hydrogens is 1280 g/mol. The van der Waals surface area contributed by atoms with Gasteiger partial charge in [0, 0.05) is 71.8 Å². The van der Waals surface area contributed by atoms with Crippen molar-refractivity contribution in [2.45, 2.75) is 167 Å². The monoisotopic (exact) mass is 1370 g/mol. The molecule has 8 aliphatic carbocycles. The number of nitrogens with one attached hydrogen (secondary N) is 1. The van der Waals surface area contributed by atoms with E-state index >= 15 is 5.11 Å². The van der Waals surface area contributed by atoms with Crippen molar-refractivity contribution in [2.24, 2.45) is 69.7 Å². The van der Waals surface area contributed by atoms with Gasteiger partial charge in [-0.15, -0.1) is 0 Å². The average molecular weight is 1370 g/mol. The maximum Gasteiger partial charge on any atom is 0.268 e. The van der Waals surface area contributed by atoms with Crippen LogP contribution in [0.5, 0.6) is 11.5 Å². The Hall–Kier alpha value is -7.84. The molecule has 1 saturated heterocycles. The predicted octanol–water partition coefficient (Wildman–Crippen LogP) is 13.8. The summed E-state index contributed by atoms with van der Waals surface area (Å²) in [5.74, 6) is 3.93. The number of phenolic OH excluding ortho intramolecular Hbond substituents is 1. The summed E-state index contributed by atoms with van der Waals surface area (Å²) in [6.45, 7) is 2.85. The highest BCUT2D eigenvalue weighted by Crippen LogP contribution is 2.66. The van der Waals surface area contributed by atoms with E-state index < -0.39 is 62.1 Å². The standard InChI is InChI=1S/C87H92N4O9S/c1-48-14-15-54-40-64-24-27-66(54)71(48)45-79(101(96,97)98)72-42-60-38-59(41-65-34-50(47-92)10-6-11-52-39-63(93)23-26-70(52)83(60)99-65)80(72)51-16-21-62(22-17-51)87(100-64,91-84(88)89)77-44-57-20-30-75-67(28-31-74(57)86(75,95)76(77)35-49-8-4-3-5-9-49)53-19-29-73-56(36-53)18-25-69-61(46-90-2)37-58-12-7-13-68-55-32-33-85(73,94)78(43-55)82(69)81(58)68/h3-5,7-9,12-13,16-17,19-24,26-27,29-30,32-33,36-37,39-40,42,48,50,55,57,59,65,67,71-72,74-80,83,90,92-95H,10,14-15,18,25,28,31,34-35,38,41,43-47H2,1-2H3,(H4,88,89,91)(H,96,97,98)/t48-,50+,55-,57-,59-,65-,67+,71+,72-,74-,75-,76-,77+,78+,79-,80+,83-,85+,86-,87-/m1/s1. The fourth-order valence-corrected chi connectivity index (χ4v) is 23.9. The largest absolute Gasteiger partial charge is 0.508 e. The number of nitrogens with zero attached hydrogens (tertiary/aromatic N) is 1.